The SMILES string of the molecule is C=CN(/C=C\C(C)C(C)C)CC. The molecule has 0 aliphatic rings. The first kappa shape index (κ1) is 11.3. The summed E-state index contributed by atoms with van der Waals surface area (Å²) >= 11 is 0. The van der Waals surface area contributed by atoms with Gasteiger partial charge in [0.25, 0.3) is 0 Å². The maximum atomic E-state index is 3.73. The highest BCUT2D eigenvalue weighted by Gasteiger charge is 2.01. The molecular weight excluding hydrogens is 146 g/mol. The lowest BCUT2D eigenvalue weighted by molar-refractivity contribution is 0.483. The molecule has 0 heterocycles. The largest absolute Gasteiger partial charge is 0.355 e. The first-order valence-corrected chi connectivity index (χ1v) is 4.68. The minimum absolute atomic E-state index is 0.638. The quantitative estimate of drug-likeness (QED) is 0.607. The average molecular weight is 167 g/mol. The molecule has 0 aromatic rings. The second-order valence-corrected chi connectivity index (χ2v) is 3.46. The fourth-order valence-electron chi connectivity index (χ4n) is 0.764. The maximum absolute atomic E-state index is 3.73. The molecule has 0 amide bonds. The topological polar surface area (TPSA) is 3.24 Å². The van der Waals surface area contributed by atoms with Crippen LogP contribution in [0, 0.1) is 11.8 Å². The molecule has 0 radical (unpaired) electrons. The van der Waals surface area contributed by atoms with Crippen molar-refractivity contribution < 1.29 is 0 Å². The summed E-state index contributed by atoms with van der Waals surface area (Å²) in [5.74, 6) is 1.35. The minimum atomic E-state index is 0.638. The molecule has 0 N–H and O–H groups in total. The zero-order valence-electron chi connectivity index (χ0n) is 8.75. The van der Waals surface area contributed by atoms with Crippen molar-refractivity contribution in [2.75, 3.05) is 6.54 Å². The standard InChI is InChI=1S/C11H21N/c1-6-12(7-2)9-8-11(5)10(3)4/h6,8-11H,1,7H2,2-5H3/b9-8-. The van der Waals surface area contributed by atoms with Gasteiger partial charge in [0.05, 0.1) is 0 Å². The van der Waals surface area contributed by atoms with Gasteiger partial charge in [0.15, 0.2) is 0 Å². The fourth-order valence-corrected chi connectivity index (χ4v) is 0.764. The van der Waals surface area contributed by atoms with Gasteiger partial charge < -0.3 is 4.90 Å². The Morgan fingerprint density at radius 3 is 2.25 bits per heavy atom. The van der Waals surface area contributed by atoms with Gasteiger partial charge in [-0.05, 0) is 31.2 Å². The highest BCUT2D eigenvalue weighted by Crippen LogP contribution is 2.11. The van der Waals surface area contributed by atoms with Crippen molar-refractivity contribution in [3.05, 3.63) is 25.1 Å². The van der Waals surface area contributed by atoms with Crippen LogP contribution in [0.25, 0.3) is 0 Å². The van der Waals surface area contributed by atoms with Gasteiger partial charge >= 0.3 is 0 Å². The van der Waals surface area contributed by atoms with Crippen LogP contribution in [0.3, 0.4) is 0 Å². The zero-order valence-corrected chi connectivity index (χ0v) is 8.75. The molecule has 0 bridgehead atoms. The van der Waals surface area contributed by atoms with Crippen LogP contribution in [0.1, 0.15) is 27.7 Å². The molecule has 0 aliphatic heterocycles. The van der Waals surface area contributed by atoms with E-state index in [-0.39, 0.29) is 0 Å². The van der Waals surface area contributed by atoms with E-state index < -0.39 is 0 Å². The van der Waals surface area contributed by atoms with Crippen LogP contribution in [-0.2, 0) is 0 Å². The summed E-state index contributed by atoms with van der Waals surface area (Å²) in [7, 11) is 0. The van der Waals surface area contributed by atoms with E-state index in [0.717, 1.165) is 6.54 Å². The molecule has 0 aromatic heterocycles. The van der Waals surface area contributed by atoms with Crippen LogP contribution in [0.5, 0.6) is 0 Å². The molecule has 1 atom stereocenters. The van der Waals surface area contributed by atoms with Gasteiger partial charge in [0.2, 0.25) is 0 Å². The van der Waals surface area contributed by atoms with Gasteiger partial charge in [-0.2, -0.15) is 0 Å². The molecule has 1 nitrogen and oxygen atoms in total. The van der Waals surface area contributed by atoms with E-state index in [2.05, 4.69) is 51.4 Å². The number of allylic oxidation sites excluding steroid dienone is 1. The van der Waals surface area contributed by atoms with Crippen molar-refractivity contribution in [3.63, 3.8) is 0 Å². The molecule has 0 rings (SSSR count). The summed E-state index contributed by atoms with van der Waals surface area (Å²) in [6, 6.07) is 0. The summed E-state index contributed by atoms with van der Waals surface area (Å²) in [4.78, 5) is 2.08. The highest BCUT2D eigenvalue weighted by molar-refractivity contribution is 4.91. The normalized spacial score (nSPS) is 13.8. The molecule has 1 unspecified atom stereocenters. The van der Waals surface area contributed by atoms with E-state index in [4.69, 9.17) is 0 Å². The van der Waals surface area contributed by atoms with Crippen molar-refractivity contribution >= 4 is 0 Å². The molecule has 0 spiro atoms. The van der Waals surface area contributed by atoms with Crippen molar-refractivity contribution in [2.24, 2.45) is 11.8 Å². The molecule has 0 saturated carbocycles. The summed E-state index contributed by atoms with van der Waals surface area (Å²) in [6.45, 7) is 13.5. The van der Waals surface area contributed by atoms with Gasteiger partial charge in [-0.1, -0.05) is 33.4 Å². The second kappa shape index (κ2) is 5.87. The van der Waals surface area contributed by atoms with Gasteiger partial charge in [-0.25, -0.2) is 0 Å². The highest BCUT2D eigenvalue weighted by atomic mass is 15.1. The fraction of sp³-hybridized carbons (Fsp3) is 0.636. The Balaban J connectivity index is 3.94. The molecule has 0 saturated heterocycles. The summed E-state index contributed by atoms with van der Waals surface area (Å²) in [6.07, 6.45) is 6.19. The van der Waals surface area contributed by atoms with Gasteiger partial charge in [-0.3, -0.25) is 0 Å². The van der Waals surface area contributed by atoms with Gasteiger partial charge in [-0.15, -0.1) is 0 Å². The smallest absolute Gasteiger partial charge is 0.0190 e. The monoisotopic (exact) mass is 167 g/mol. The molecule has 12 heavy (non-hydrogen) atoms. The summed E-state index contributed by atoms with van der Waals surface area (Å²) in [5, 5.41) is 0. The third kappa shape index (κ3) is 4.22. The molecular formula is C11H21N. The number of nitrogens with zero attached hydrogens (tertiary/aromatic N) is 1. The summed E-state index contributed by atoms with van der Waals surface area (Å²) < 4.78 is 0. The molecule has 70 valence electrons. The van der Waals surface area contributed by atoms with E-state index >= 15 is 0 Å². The van der Waals surface area contributed by atoms with E-state index in [9.17, 15) is 0 Å². The van der Waals surface area contributed by atoms with E-state index in [1.54, 1.807) is 0 Å². The van der Waals surface area contributed by atoms with Crippen LogP contribution in [0.15, 0.2) is 25.1 Å². The number of hydrogen-bond acceptors (Lipinski definition) is 1. The third-order valence-electron chi connectivity index (χ3n) is 2.23. The lowest BCUT2D eigenvalue weighted by Crippen LogP contribution is -2.09. The molecule has 0 aromatic carbocycles. The van der Waals surface area contributed by atoms with E-state index in [1.165, 1.54) is 0 Å². The van der Waals surface area contributed by atoms with Crippen LogP contribution < -0.4 is 0 Å². The van der Waals surface area contributed by atoms with E-state index in [1.807, 2.05) is 6.20 Å². The van der Waals surface area contributed by atoms with Crippen LogP contribution >= 0.6 is 0 Å². The number of hydrogen-bond donors (Lipinski definition) is 0. The third-order valence-corrected chi connectivity index (χ3v) is 2.23. The van der Waals surface area contributed by atoms with Crippen molar-refractivity contribution in [2.45, 2.75) is 27.7 Å². The Morgan fingerprint density at radius 1 is 1.33 bits per heavy atom. The van der Waals surface area contributed by atoms with Crippen molar-refractivity contribution in [3.8, 4) is 0 Å². The van der Waals surface area contributed by atoms with Crippen LogP contribution in [0.4, 0.5) is 0 Å². The van der Waals surface area contributed by atoms with Gasteiger partial charge in [0, 0.05) is 6.54 Å². The zero-order chi connectivity index (χ0) is 9.56. The number of rotatable bonds is 5. The molecule has 0 fully saturated rings. The lowest BCUT2D eigenvalue weighted by atomic mass is 9.98. The molecule has 0 aliphatic carbocycles. The van der Waals surface area contributed by atoms with Crippen molar-refractivity contribution in [1.82, 2.24) is 4.90 Å². The molecule has 1 heteroatoms. The summed E-state index contributed by atoms with van der Waals surface area (Å²) in [5.41, 5.74) is 0. The predicted octanol–water partition coefficient (Wildman–Crippen LogP) is 3.26. The first-order chi connectivity index (χ1) is 5.61. The first-order valence-electron chi connectivity index (χ1n) is 4.68. The Morgan fingerprint density at radius 2 is 1.92 bits per heavy atom. The average Bonchev–Trinajstić information content (AvgIpc) is 2.05. The van der Waals surface area contributed by atoms with E-state index in [0.29, 0.717) is 11.8 Å². The van der Waals surface area contributed by atoms with Gasteiger partial charge in [0.1, 0.15) is 0 Å². The predicted molar refractivity (Wildman–Crippen MR) is 55.7 cm³/mol. The Kier molecular flexibility index (Phi) is 5.52. The van der Waals surface area contributed by atoms with Crippen LogP contribution in [0.2, 0.25) is 0 Å². The Bertz CT molecular complexity index is 147. The minimum Gasteiger partial charge on any atom is -0.355 e. The lowest BCUT2D eigenvalue weighted by Gasteiger charge is -2.14. The maximum Gasteiger partial charge on any atom is 0.0190 e. The Labute approximate surface area is 76.8 Å². The second-order valence-electron chi connectivity index (χ2n) is 3.46. The van der Waals surface area contributed by atoms with Crippen molar-refractivity contribution in [1.29, 1.82) is 0 Å². The Hall–Kier alpha value is -0.720. The van der Waals surface area contributed by atoms with Crippen LogP contribution in [-0.4, -0.2) is 11.4 Å².